The Labute approximate surface area is 172 Å². The number of ether oxygens (including phenoxy) is 2. The fourth-order valence-electron chi connectivity index (χ4n) is 4.79. The summed E-state index contributed by atoms with van der Waals surface area (Å²) in [5.41, 5.74) is 4.08. The van der Waals surface area contributed by atoms with E-state index in [0.717, 1.165) is 47.6 Å². The van der Waals surface area contributed by atoms with E-state index < -0.39 is 0 Å². The summed E-state index contributed by atoms with van der Waals surface area (Å²) in [6.07, 6.45) is 3.24. The van der Waals surface area contributed by atoms with Gasteiger partial charge in [0.25, 0.3) is 5.91 Å². The highest BCUT2D eigenvalue weighted by molar-refractivity contribution is 6.03. The molecule has 29 heavy (non-hydrogen) atoms. The Kier molecular flexibility index (Phi) is 4.92. The van der Waals surface area contributed by atoms with Crippen LogP contribution in [0.25, 0.3) is 0 Å². The van der Waals surface area contributed by atoms with Gasteiger partial charge in [0.15, 0.2) is 0 Å². The highest BCUT2D eigenvalue weighted by Crippen LogP contribution is 2.38. The molecule has 1 amide bonds. The van der Waals surface area contributed by atoms with Crippen molar-refractivity contribution < 1.29 is 14.3 Å². The standard InChI is InChI=1S/C24H28N2O3/c1-17-11-21(25-9-5-6-10-25)23-22(12-17)29-16-19-13-20(14-26(19)24(23)27)28-15-18-7-3-2-4-8-18/h2-4,7-8,11-12,19-20H,5-6,9-10,13-16H2,1H3/t19-,20+/m1/s1. The van der Waals surface area contributed by atoms with Gasteiger partial charge in [-0.15, -0.1) is 0 Å². The topological polar surface area (TPSA) is 42.0 Å². The minimum Gasteiger partial charge on any atom is -0.491 e. The Morgan fingerprint density at radius 1 is 1.14 bits per heavy atom. The van der Waals surface area contributed by atoms with Crippen LogP contribution in [0, 0.1) is 6.92 Å². The maximum absolute atomic E-state index is 13.6. The van der Waals surface area contributed by atoms with Crippen LogP contribution in [0.4, 0.5) is 5.69 Å². The number of hydrogen-bond acceptors (Lipinski definition) is 4. The van der Waals surface area contributed by atoms with Crippen molar-refractivity contribution in [2.45, 2.75) is 44.9 Å². The summed E-state index contributed by atoms with van der Waals surface area (Å²) in [4.78, 5) is 17.9. The average Bonchev–Trinajstić information content (AvgIpc) is 3.38. The Morgan fingerprint density at radius 2 is 1.93 bits per heavy atom. The second kappa shape index (κ2) is 7.71. The molecule has 3 aliphatic heterocycles. The van der Waals surface area contributed by atoms with Gasteiger partial charge in [0, 0.05) is 19.6 Å². The quantitative estimate of drug-likeness (QED) is 0.794. The van der Waals surface area contributed by atoms with Crippen molar-refractivity contribution in [1.29, 1.82) is 0 Å². The van der Waals surface area contributed by atoms with E-state index in [2.05, 4.69) is 30.0 Å². The summed E-state index contributed by atoms with van der Waals surface area (Å²) in [6.45, 7) is 5.84. The summed E-state index contributed by atoms with van der Waals surface area (Å²) >= 11 is 0. The van der Waals surface area contributed by atoms with Crippen LogP contribution < -0.4 is 9.64 Å². The van der Waals surface area contributed by atoms with Crippen molar-refractivity contribution in [3.05, 3.63) is 59.2 Å². The molecule has 2 fully saturated rings. The molecule has 0 unspecified atom stereocenters. The number of hydrogen-bond donors (Lipinski definition) is 0. The minimum absolute atomic E-state index is 0.0509. The molecule has 0 radical (unpaired) electrons. The lowest BCUT2D eigenvalue weighted by Crippen LogP contribution is -2.37. The predicted molar refractivity (Wildman–Crippen MR) is 113 cm³/mol. The van der Waals surface area contributed by atoms with E-state index in [1.165, 1.54) is 12.8 Å². The van der Waals surface area contributed by atoms with Gasteiger partial charge in [0.1, 0.15) is 17.9 Å². The SMILES string of the molecule is Cc1cc2c(c(N3CCCC3)c1)C(=O)N1C[C@@H](OCc3ccccc3)C[C@@H]1CO2. The van der Waals surface area contributed by atoms with Gasteiger partial charge in [-0.3, -0.25) is 4.79 Å². The Bertz CT molecular complexity index is 892. The maximum Gasteiger partial charge on any atom is 0.260 e. The molecule has 0 N–H and O–H groups in total. The van der Waals surface area contributed by atoms with Crippen LogP contribution in [0.1, 0.15) is 40.7 Å². The molecule has 0 bridgehead atoms. The van der Waals surface area contributed by atoms with E-state index in [-0.39, 0.29) is 18.1 Å². The molecule has 152 valence electrons. The second-order valence-corrected chi connectivity index (χ2v) is 8.43. The Balaban J connectivity index is 1.37. The fourth-order valence-corrected chi connectivity index (χ4v) is 4.79. The first-order valence-corrected chi connectivity index (χ1v) is 10.7. The van der Waals surface area contributed by atoms with E-state index in [1.807, 2.05) is 29.2 Å². The molecule has 2 aromatic rings. The van der Waals surface area contributed by atoms with Crippen LogP contribution >= 0.6 is 0 Å². The van der Waals surface area contributed by atoms with Gasteiger partial charge in [-0.05, 0) is 49.4 Å². The molecule has 2 aromatic carbocycles. The number of amides is 1. The highest BCUT2D eigenvalue weighted by atomic mass is 16.5. The molecular formula is C24H28N2O3. The number of aryl methyl sites for hydroxylation is 1. The first kappa shape index (κ1) is 18.5. The smallest absolute Gasteiger partial charge is 0.260 e. The Morgan fingerprint density at radius 3 is 2.72 bits per heavy atom. The van der Waals surface area contributed by atoms with Gasteiger partial charge < -0.3 is 19.3 Å². The van der Waals surface area contributed by atoms with Crippen LogP contribution in [-0.4, -0.2) is 49.2 Å². The molecule has 2 saturated heterocycles. The molecule has 2 atom stereocenters. The third kappa shape index (κ3) is 3.60. The maximum atomic E-state index is 13.6. The van der Waals surface area contributed by atoms with Crippen molar-refractivity contribution in [1.82, 2.24) is 4.90 Å². The number of benzene rings is 2. The van der Waals surface area contributed by atoms with Crippen molar-refractivity contribution in [2.75, 3.05) is 31.1 Å². The van der Waals surface area contributed by atoms with E-state index in [4.69, 9.17) is 9.47 Å². The molecule has 0 saturated carbocycles. The number of anilines is 1. The van der Waals surface area contributed by atoms with Crippen molar-refractivity contribution in [3.63, 3.8) is 0 Å². The largest absolute Gasteiger partial charge is 0.491 e. The fraction of sp³-hybridized carbons (Fsp3) is 0.458. The van der Waals surface area contributed by atoms with Gasteiger partial charge >= 0.3 is 0 Å². The number of rotatable bonds is 4. The second-order valence-electron chi connectivity index (χ2n) is 8.43. The molecule has 3 aliphatic rings. The predicted octanol–water partition coefficient (Wildman–Crippen LogP) is 3.79. The van der Waals surface area contributed by atoms with Gasteiger partial charge in [0.05, 0.1) is 24.4 Å². The zero-order valence-electron chi connectivity index (χ0n) is 17.0. The minimum atomic E-state index is 0.0509. The van der Waals surface area contributed by atoms with Crippen LogP contribution in [0.15, 0.2) is 42.5 Å². The number of fused-ring (bicyclic) bond motifs is 2. The average molecular weight is 392 g/mol. The third-order valence-electron chi connectivity index (χ3n) is 6.28. The lowest BCUT2D eigenvalue weighted by Gasteiger charge is -2.25. The normalized spacial score (nSPS) is 23.6. The first-order valence-electron chi connectivity index (χ1n) is 10.7. The molecule has 0 spiro atoms. The van der Waals surface area contributed by atoms with Crippen LogP contribution in [-0.2, 0) is 11.3 Å². The molecule has 5 heteroatoms. The zero-order valence-corrected chi connectivity index (χ0v) is 17.0. The van der Waals surface area contributed by atoms with Crippen LogP contribution in [0.5, 0.6) is 5.75 Å². The van der Waals surface area contributed by atoms with Crippen molar-refractivity contribution in [3.8, 4) is 5.75 Å². The number of carbonyl (C=O) groups is 1. The lowest BCUT2D eigenvalue weighted by atomic mass is 10.1. The molecular weight excluding hydrogens is 364 g/mol. The molecule has 0 aliphatic carbocycles. The third-order valence-corrected chi connectivity index (χ3v) is 6.28. The van der Waals surface area contributed by atoms with E-state index in [0.29, 0.717) is 19.8 Å². The highest BCUT2D eigenvalue weighted by Gasteiger charge is 2.41. The van der Waals surface area contributed by atoms with Gasteiger partial charge in [-0.2, -0.15) is 0 Å². The van der Waals surface area contributed by atoms with Gasteiger partial charge in [0.2, 0.25) is 0 Å². The number of nitrogens with zero attached hydrogens (tertiary/aromatic N) is 2. The molecule has 5 nitrogen and oxygen atoms in total. The van der Waals surface area contributed by atoms with E-state index >= 15 is 0 Å². The summed E-state index contributed by atoms with van der Waals surface area (Å²) in [7, 11) is 0. The monoisotopic (exact) mass is 392 g/mol. The summed E-state index contributed by atoms with van der Waals surface area (Å²) in [5, 5.41) is 0. The molecule has 5 rings (SSSR count). The summed E-state index contributed by atoms with van der Waals surface area (Å²) in [6, 6.07) is 14.4. The molecule has 3 heterocycles. The summed E-state index contributed by atoms with van der Waals surface area (Å²) < 4.78 is 12.3. The van der Waals surface area contributed by atoms with Crippen molar-refractivity contribution >= 4 is 11.6 Å². The Hall–Kier alpha value is -2.53. The lowest BCUT2D eigenvalue weighted by molar-refractivity contribution is 0.0437. The van der Waals surface area contributed by atoms with Gasteiger partial charge in [-0.25, -0.2) is 0 Å². The zero-order chi connectivity index (χ0) is 19.8. The van der Waals surface area contributed by atoms with Gasteiger partial charge in [-0.1, -0.05) is 30.3 Å². The van der Waals surface area contributed by atoms with Crippen LogP contribution in [0.2, 0.25) is 0 Å². The first-order chi connectivity index (χ1) is 14.2. The number of carbonyl (C=O) groups excluding carboxylic acids is 1. The molecule has 0 aromatic heterocycles. The van der Waals surface area contributed by atoms with Crippen LogP contribution in [0.3, 0.4) is 0 Å². The van der Waals surface area contributed by atoms with E-state index in [9.17, 15) is 4.79 Å². The van der Waals surface area contributed by atoms with E-state index in [1.54, 1.807) is 0 Å². The summed E-state index contributed by atoms with van der Waals surface area (Å²) in [5.74, 6) is 0.836. The van der Waals surface area contributed by atoms with Crippen molar-refractivity contribution in [2.24, 2.45) is 0 Å².